The topological polar surface area (TPSA) is 26.3 Å². The fraction of sp³-hybridized carbons (Fsp3) is 0.625. The van der Waals surface area contributed by atoms with Crippen LogP contribution < -0.4 is 0 Å². The Labute approximate surface area is 78.5 Å². The van der Waals surface area contributed by atoms with Crippen molar-refractivity contribution in [3.8, 4) is 0 Å². The van der Waals surface area contributed by atoms with Crippen molar-refractivity contribution in [2.75, 3.05) is 6.61 Å². The van der Waals surface area contributed by atoms with Gasteiger partial charge in [0.2, 0.25) is 0 Å². The molecule has 82 valence electrons. The first kappa shape index (κ1) is 12.9. The van der Waals surface area contributed by atoms with Crippen molar-refractivity contribution in [1.29, 1.82) is 0 Å². The largest absolute Gasteiger partial charge is 0.463 e. The Balaban J connectivity index is 4.89. The van der Waals surface area contributed by atoms with Gasteiger partial charge in [0.1, 0.15) is 0 Å². The summed E-state index contributed by atoms with van der Waals surface area (Å²) in [6.45, 7) is 3.94. The standard InChI is InChI=1S/C8H10F4O2/c1-3-5-7(9,8(10,11)12)6(13)14-4-2/h3H,1,4-5H2,2H3. The van der Waals surface area contributed by atoms with E-state index in [2.05, 4.69) is 11.3 Å². The lowest BCUT2D eigenvalue weighted by molar-refractivity contribution is -0.237. The second kappa shape index (κ2) is 4.43. The summed E-state index contributed by atoms with van der Waals surface area (Å²) in [4.78, 5) is 10.7. The van der Waals surface area contributed by atoms with Crippen LogP contribution in [-0.4, -0.2) is 24.4 Å². The van der Waals surface area contributed by atoms with Gasteiger partial charge >= 0.3 is 17.8 Å². The van der Waals surface area contributed by atoms with Gasteiger partial charge in [-0.3, -0.25) is 0 Å². The maximum absolute atomic E-state index is 13.2. The molecule has 0 aromatic heterocycles. The SMILES string of the molecule is C=CCC(F)(C(=O)OCC)C(F)(F)F. The number of halogens is 4. The molecular weight excluding hydrogens is 204 g/mol. The molecule has 0 fully saturated rings. The molecule has 0 aliphatic heterocycles. The number of allylic oxidation sites excluding steroid dienone is 1. The minimum absolute atomic E-state index is 0.308. The predicted molar refractivity (Wildman–Crippen MR) is 41.3 cm³/mol. The van der Waals surface area contributed by atoms with Crippen LogP contribution in [0, 0.1) is 0 Å². The third kappa shape index (κ3) is 2.46. The van der Waals surface area contributed by atoms with E-state index >= 15 is 0 Å². The third-order valence-corrected chi connectivity index (χ3v) is 1.47. The van der Waals surface area contributed by atoms with Crippen molar-refractivity contribution in [3.05, 3.63) is 12.7 Å². The molecule has 0 bridgehead atoms. The summed E-state index contributed by atoms with van der Waals surface area (Å²) in [6.07, 6.45) is -5.74. The molecule has 0 saturated heterocycles. The Morgan fingerprint density at radius 2 is 1.93 bits per heavy atom. The monoisotopic (exact) mass is 214 g/mol. The zero-order chi connectivity index (χ0) is 11.4. The van der Waals surface area contributed by atoms with Crippen molar-refractivity contribution >= 4 is 5.97 Å². The number of alkyl halides is 4. The lowest BCUT2D eigenvalue weighted by Gasteiger charge is -2.24. The molecule has 1 unspecified atom stereocenters. The maximum atomic E-state index is 13.2. The van der Waals surface area contributed by atoms with E-state index in [1.54, 1.807) is 0 Å². The predicted octanol–water partition coefficient (Wildman–Crippen LogP) is 2.40. The molecule has 6 heteroatoms. The summed E-state index contributed by atoms with van der Waals surface area (Å²) in [5.74, 6) is -1.92. The first-order valence-electron chi connectivity index (χ1n) is 3.83. The van der Waals surface area contributed by atoms with Gasteiger partial charge in [-0.1, -0.05) is 6.08 Å². The summed E-state index contributed by atoms with van der Waals surface area (Å²) in [6, 6.07) is 0. The number of carbonyl (C=O) groups excluding carboxylic acids is 1. The quantitative estimate of drug-likeness (QED) is 0.408. The molecular formula is C8H10F4O2. The molecule has 0 amide bonds. The van der Waals surface area contributed by atoms with E-state index in [0.29, 0.717) is 6.08 Å². The van der Waals surface area contributed by atoms with Crippen LogP contribution in [0.25, 0.3) is 0 Å². The summed E-state index contributed by atoms with van der Waals surface area (Å²) in [5.41, 5.74) is -3.98. The van der Waals surface area contributed by atoms with Gasteiger partial charge in [-0.15, -0.1) is 6.58 Å². The van der Waals surface area contributed by atoms with Crippen molar-refractivity contribution < 1.29 is 27.1 Å². The molecule has 0 heterocycles. The summed E-state index contributed by atoms with van der Waals surface area (Å²) in [5, 5.41) is 0. The van der Waals surface area contributed by atoms with Crippen LogP contribution in [0.1, 0.15) is 13.3 Å². The number of esters is 1. The number of hydrogen-bond donors (Lipinski definition) is 0. The minimum Gasteiger partial charge on any atom is -0.463 e. The molecule has 0 aliphatic carbocycles. The average molecular weight is 214 g/mol. The minimum atomic E-state index is -5.28. The molecule has 0 aromatic carbocycles. The second-order valence-corrected chi connectivity index (χ2v) is 2.51. The van der Waals surface area contributed by atoms with Gasteiger partial charge in [-0.05, 0) is 6.92 Å². The van der Waals surface area contributed by atoms with E-state index in [9.17, 15) is 22.4 Å². The Hall–Kier alpha value is -1.07. The van der Waals surface area contributed by atoms with Crippen LogP contribution >= 0.6 is 0 Å². The zero-order valence-electron chi connectivity index (χ0n) is 7.53. The molecule has 0 N–H and O–H groups in total. The van der Waals surface area contributed by atoms with Gasteiger partial charge in [-0.25, -0.2) is 9.18 Å². The summed E-state index contributed by atoms with van der Waals surface area (Å²) in [7, 11) is 0. The van der Waals surface area contributed by atoms with Gasteiger partial charge in [0, 0.05) is 6.42 Å². The highest BCUT2D eigenvalue weighted by Crippen LogP contribution is 2.38. The molecule has 1 atom stereocenters. The number of carbonyl (C=O) groups is 1. The van der Waals surface area contributed by atoms with Crippen molar-refractivity contribution in [2.24, 2.45) is 0 Å². The van der Waals surface area contributed by atoms with Crippen LogP contribution in [-0.2, 0) is 9.53 Å². The highest BCUT2D eigenvalue weighted by Gasteiger charge is 2.62. The van der Waals surface area contributed by atoms with Crippen LogP contribution in [0.15, 0.2) is 12.7 Å². The average Bonchev–Trinajstić information content (AvgIpc) is 2.03. The molecule has 0 aromatic rings. The van der Waals surface area contributed by atoms with E-state index in [1.807, 2.05) is 0 Å². The van der Waals surface area contributed by atoms with Crippen LogP contribution in [0.4, 0.5) is 17.6 Å². The van der Waals surface area contributed by atoms with Gasteiger partial charge in [0.25, 0.3) is 0 Å². The lowest BCUT2D eigenvalue weighted by Crippen LogP contribution is -2.48. The first-order chi connectivity index (χ1) is 6.29. The fourth-order valence-corrected chi connectivity index (χ4v) is 0.759. The molecule has 0 spiro atoms. The maximum Gasteiger partial charge on any atom is 0.433 e. The van der Waals surface area contributed by atoms with Gasteiger partial charge in [-0.2, -0.15) is 13.2 Å². The molecule has 0 radical (unpaired) electrons. The van der Waals surface area contributed by atoms with Crippen LogP contribution in [0.2, 0.25) is 0 Å². The van der Waals surface area contributed by atoms with E-state index < -0.39 is 24.2 Å². The van der Waals surface area contributed by atoms with Crippen molar-refractivity contribution in [1.82, 2.24) is 0 Å². The highest BCUT2D eigenvalue weighted by molar-refractivity contribution is 5.80. The molecule has 2 nitrogen and oxygen atoms in total. The van der Waals surface area contributed by atoms with Gasteiger partial charge < -0.3 is 4.74 Å². The first-order valence-corrected chi connectivity index (χ1v) is 3.83. The second-order valence-electron chi connectivity index (χ2n) is 2.51. The molecule has 0 rings (SSSR count). The van der Waals surface area contributed by atoms with Crippen molar-refractivity contribution in [3.63, 3.8) is 0 Å². The van der Waals surface area contributed by atoms with E-state index in [4.69, 9.17) is 0 Å². The normalized spacial score (nSPS) is 15.8. The summed E-state index contributed by atoms with van der Waals surface area (Å²) >= 11 is 0. The molecule has 0 aliphatic rings. The summed E-state index contributed by atoms with van der Waals surface area (Å²) < 4.78 is 53.6. The number of ether oxygens (including phenoxy) is 1. The van der Waals surface area contributed by atoms with E-state index in [1.165, 1.54) is 6.92 Å². The number of hydrogen-bond acceptors (Lipinski definition) is 2. The van der Waals surface area contributed by atoms with Crippen LogP contribution in [0.3, 0.4) is 0 Å². The Morgan fingerprint density at radius 3 is 2.21 bits per heavy atom. The van der Waals surface area contributed by atoms with Crippen molar-refractivity contribution in [2.45, 2.75) is 25.2 Å². The third-order valence-electron chi connectivity index (χ3n) is 1.47. The lowest BCUT2D eigenvalue weighted by atomic mass is 10.0. The van der Waals surface area contributed by atoms with Gasteiger partial charge in [0.15, 0.2) is 0 Å². The van der Waals surface area contributed by atoms with E-state index in [0.717, 1.165) is 0 Å². The zero-order valence-corrected chi connectivity index (χ0v) is 7.53. The Kier molecular flexibility index (Phi) is 4.09. The fourth-order valence-electron chi connectivity index (χ4n) is 0.759. The smallest absolute Gasteiger partial charge is 0.433 e. The van der Waals surface area contributed by atoms with Crippen LogP contribution in [0.5, 0.6) is 0 Å². The van der Waals surface area contributed by atoms with E-state index in [-0.39, 0.29) is 6.61 Å². The highest BCUT2D eigenvalue weighted by atomic mass is 19.4. The molecule has 0 saturated carbocycles. The van der Waals surface area contributed by atoms with Gasteiger partial charge in [0.05, 0.1) is 6.61 Å². The Morgan fingerprint density at radius 1 is 1.43 bits per heavy atom. The Bertz CT molecular complexity index is 224. The number of rotatable bonds is 4. The molecule has 14 heavy (non-hydrogen) atoms.